The zero-order valence-corrected chi connectivity index (χ0v) is 16.0. The number of hydrogen-bond acceptors (Lipinski definition) is 5. The van der Waals surface area contributed by atoms with Crippen LogP contribution in [0.4, 0.5) is 0 Å². The van der Waals surface area contributed by atoms with Gasteiger partial charge >= 0.3 is 17.8 Å². The van der Waals surface area contributed by atoms with Gasteiger partial charge in [-0.3, -0.25) is 14.4 Å². The van der Waals surface area contributed by atoms with E-state index in [0.717, 1.165) is 12.8 Å². The lowest BCUT2D eigenvalue weighted by Crippen LogP contribution is -2.35. The van der Waals surface area contributed by atoms with Gasteiger partial charge in [0.1, 0.15) is 0 Å². The zero-order valence-electron chi connectivity index (χ0n) is 16.0. The standard InChI is InChI=1S/C10H12N2O4.C9H18O2/c1-16-8-4-6(2-3-7(8)13)5-12-10(15)9(11)14;1-2-3-4-5-6-7-8-9(10)11/h2-4,13H,5H2,1H3,(H2,11,14)(H,12,15);2-8H2,1H3,(H,10,11). The molecule has 0 bridgehead atoms. The lowest BCUT2D eigenvalue weighted by molar-refractivity contribution is -0.137. The maximum absolute atomic E-state index is 10.9. The van der Waals surface area contributed by atoms with Gasteiger partial charge in [0.15, 0.2) is 11.5 Å². The fourth-order valence-electron chi connectivity index (χ4n) is 2.16. The third-order valence-corrected chi connectivity index (χ3v) is 3.67. The lowest BCUT2D eigenvalue weighted by Gasteiger charge is -2.07. The largest absolute Gasteiger partial charge is 0.504 e. The maximum atomic E-state index is 10.9. The molecular weight excluding hydrogens is 352 g/mol. The third kappa shape index (κ3) is 12.3. The SMILES string of the molecule is CCCCCCCCC(=O)O.COc1cc(CNC(=O)C(N)=O)ccc1O. The summed E-state index contributed by atoms with van der Waals surface area (Å²) in [4.78, 5) is 31.4. The van der Waals surface area contributed by atoms with Crippen LogP contribution in [0.3, 0.4) is 0 Å². The van der Waals surface area contributed by atoms with Gasteiger partial charge in [-0.25, -0.2) is 0 Å². The Morgan fingerprint density at radius 3 is 2.30 bits per heavy atom. The van der Waals surface area contributed by atoms with Gasteiger partial charge < -0.3 is 26.0 Å². The number of unbranched alkanes of at least 4 members (excludes halogenated alkanes) is 5. The highest BCUT2D eigenvalue weighted by Gasteiger charge is 2.08. The predicted molar refractivity (Wildman–Crippen MR) is 101 cm³/mol. The summed E-state index contributed by atoms with van der Waals surface area (Å²) in [6.07, 6.45) is 7.25. The lowest BCUT2D eigenvalue weighted by atomic mass is 10.1. The van der Waals surface area contributed by atoms with Crippen molar-refractivity contribution in [1.29, 1.82) is 0 Å². The average molecular weight is 382 g/mol. The minimum absolute atomic E-state index is 0.00692. The number of carboxylic acids is 1. The van der Waals surface area contributed by atoms with E-state index in [9.17, 15) is 19.5 Å². The molecule has 0 radical (unpaired) electrons. The van der Waals surface area contributed by atoms with E-state index in [0.29, 0.717) is 17.7 Å². The van der Waals surface area contributed by atoms with Crippen molar-refractivity contribution in [2.24, 2.45) is 5.73 Å². The van der Waals surface area contributed by atoms with Gasteiger partial charge in [0, 0.05) is 13.0 Å². The first-order valence-electron chi connectivity index (χ1n) is 8.97. The second-order valence-electron chi connectivity index (χ2n) is 5.96. The average Bonchev–Trinajstić information content (AvgIpc) is 2.63. The third-order valence-electron chi connectivity index (χ3n) is 3.67. The second kappa shape index (κ2) is 14.4. The van der Waals surface area contributed by atoms with Crippen LogP contribution >= 0.6 is 0 Å². The number of phenols is 1. The first-order valence-corrected chi connectivity index (χ1v) is 8.97. The summed E-state index contributed by atoms with van der Waals surface area (Å²) in [6.45, 7) is 2.32. The summed E-state index contributed by atoms with van der Waals surface area (Å²) in [5.74, 6) is -2.25. The molecular formula is C19H30N2O6. The van der Waals surface area contributed by atoms with E-state index in [1.165, 1.54) is 38.9 Å². The molecule has 27 heavy (non-hydrogen) atoms. The highest BCUT2D eigenvalue weighted by Crippen LogP contribution is 2.26. The van der Waals surface area contributed by atoms with Gasteiger partial charge in [-0.05, 0) is 24.1 Å². The molecule has 152 valence electrons. The van der Waals surface area contributed by atoms with E-state index in [1.54, 1.807) is 12.1 Å². The number of phenolic OH excluding ortho intramolecular Hbond substituents is 1. The number of primary amides is 1. The molecule has 1 aromatic rings. The topological polar surface area (TPSA) is 139 Å². The van der Waals surface area contributed by atoms with Crippen molar-refractivity contribution in [3.8, 4) is 11.5 Å². The summed E-state index contributed by atoms with van der Waals surface area (Å²) < 4.78 is 4.89. The van der Waals surface area contributed by atoms with Gasteiger partial charge in [-0.15, -0.1) is 0 Å². The number of amides is 2. The number of benzene rings is 1. The first kappa shape index (κ1) is 24.2. The van der Waals surface area contributed by atoms with Crippen molar-refractivity contribution in [2.75, 3.05) is 7.11 Å². The summed E-state index contributed by atoms with van der Waals surface area (Å²) in [7, 11) is 1.42. The van der Waals surface area contributed by atoms with Crippen molar-refractivity contribution < 1.29 is 29.3 Å². The fraction of sp³-hybridized carbons (Fsp3) is 0.526. The number of nitrogens with one attached hydrogen (secondary N) is 1. The van der Waals surface area contributed by atoms with Gasteiger partial charge in [-0.2, -0.15) is 0 Å². The van der Waals surface area contributed by atoms with Crippen molar-refractivity contribution in [1.82, 2.24) is 5.32 Å². The molecule has 0 aliphatic rings. The number of carboxylic acid groups (broad SMARTS) is 1. The van der Waals surface area contributed by atoms with Gasteiger partial charge in [-0.1, -0.05) is 45.1 Å². The van der Waals surface area contributed by atoms with Gasteiger partial charge in [0.25, 0.3) is 0 Å². The quantitative estimate of drug-likeness (QED) is 0.362. The molecule has 0 aliphatic heterocycles. The summed E-state index contributed by atoms with van der Waals surface area (Å²) in [5.41, 5.74) is 5.45. The Morgan fingerprint density at radius 1 is 1.11 bits per heavy atom. The molecule has 0 unspecified atom stereocenters. The van der Waals surface area contributed by atoms with Crippen LogP contribution in [0.15, 0.2) is 18.2 Å². The van der Waals surface area contributed by atoms with Crippen LogP contribution in [0.25, 0.3) is 0 Å². The van der Waals surface area contributed by atoms with Crippen LogP contribution in [0.5, 0.6) is 11.5 Å². The van der Waals surface area contributed by atoms with Crippen molar-refractivity contribution in [3.05, 3.63) is 23.8 Å². The van der Waals surface area contributed by atoms with Crippen LogP contribution in [-0.2, 0) is 20.9 Å². The highest BCUT2D eigenvalue weighted by atomic mass is 16.5. The Hall–Kier alpha value is -2.77. The highest BCUT2D eigenvalue weighted by molar-refractivity contribution is 6.34. The van der Waals surface area contributed by atoms with Crippen LogP contribution in [-0.4, -0.2) is 35.1 Å². The van der Waals surface area contributed by atoms with Crippen molar-refractivity contribution >= 4 is 17.8 Å². The number of carbonyl (C=O) groups excluding carboxylic acids is 2. The molecule has 2 amide bonds. The molecule has 0 aliphatic carbocycles. The summed E-state index contributed by atoms with van der Waals surface area (Å²) >= 11 is 0. The molecule has 1 rings (SSSR count). The molecule has 0 fully saturated rings. The minimum atomic E-state index is -1.04. The second-order valence-corrected chi connectivity index (χ2v) is 5.96. The van der Waals surface area contributed by atoms with Crippen LogP contribution in [0.1, 0.15) is 57.4 Å². The number of methoxy groups -OCH3 is 1. The molecule has 0 heterocycles. The normalized spacial score (nSPS) is 9.70. The summed E-state index contributed by atoms with van der Waals surface area (Å²) in [5, 5.41) is 19.9. The van der Waals surface area contributed by atoms with Gasteiger partial charge in [0.2, 0.25) is 0 Å². The van der Waals surface area contributed by atoms with E-state index in [4.69, 9.17) is 15.6 Å². The smallest absolute Gasteiger partial charge is 0.309 e. The number of aliphatic carboxylic acids is 1. The Balaban J connectivity index is 0.000000541. The van der Waals surface area contributed by atoms with Crippen molar-refractivity contribution in [2.45, 2.75) is 58.4 Å². The fourth-order valence-corrected chi connectivity index (χ4v) is 2.16. The maximum Gasteiger partial charge on any atom is 0.309 e. The van der Waals surface area contributed by atoms with Crippen LogP contribution in [0, 0.1) is 0 Å². The Kier molecular flexibility index (Phi) is 12.9. The van der Waals surface area contributed by atoms with Crippen molar-refractivity contribution in [3.63, 3.8) is 0 Å². The molecule has 0 saturated carbocycles. The number of rotatable bonds is 10. The van der Waals surface area contributed by atoms with Gasteiger partial charge in [0.05, 0.1) is 7.11 Å². The van der Waals surface area contributed by atoms with Crippen LogP contribution in [0.2, 0.25) is 0 Å². The Morgan fingerprint density at radius 2 is 1.74 bits per heavy atom. The Labute approximate surface area is 159 Å². The number of aromatic hydroxyl groups is 1. The predicted octanol–water partition coefficient (Wildman–Crippen LogP) is 2.32. The van der Waals surface area contributed by atoms with E-state index in [-0.39, 0.29) is 12.3 Å². The van der Waals surface area contributed by atoms with E-state index < -0.39 is 17.8 Å². The number of ether oxygens (including phenoxy) is 1. The molecule has 0 saturated heterocycles. The molecule has 5 N–H and O–H groups in total. The summed E-state index contributed by atoms with van der Waals surface area (Å²) in [6, 6.07) is 4.58. The molecule has 0 atom stereocenters. The zero-order chi connectivity index (χ0) is 20.7. The van der Waals surface area contributed by atoms with E-state index in [1.807, 2.05) is 0 Å². The monoisotopic (exact) mass is 382 g/mol. The molecule has 8 nitrogen and oxygen atoms in total. The number of carbonyl (C=O) groups is 3. The Bertz CT molecular complexity index is 604. The minimum Gasteiger partial charge on any atom is -0.504 e. The van der Waals surface area contributed by atoms with E-state index >= 15 is 0 Å². The first-order chi connectivity index (χ1) is 12.8. The number of hydrogen-bond donors (Lipinski definition) is 4. The molecule has 0 spiro atoms. The molecule has 0 aromatic heterocycles. The van der Waals surface area contributed by atoms with E-state index in [2.05, 4.69) is 12.2 Å². The molecule has 8 heteroatoms. The molecule has 1 aromatic carbocycles. The number of nitrogens with two attached hydrogens (primary N) is 1. The van der Waals surface area contributed by atoms with Crippen LogP contribution < -0.4 is 15.8 Å².